The molecule has 0 fully saturated rings. The summed E-state index contributed by atoms with van der Waals surface area (Å²) in [5, 5.41) is 0. The van der Waals surface area contributed by atoms with Crippen LogP contribution in [0.1, 0.15) is 22.3 Å². The van der Waals surface area contributed by atoms with Crippen LogP contribution in [0.15, 0.2) is 42.5 Å². The van der Waals surface area contributed by atoms with Crippen LogP contribution in [0, 0.1) is 5.82 Å². The summed E-state index contributed by atoms with van der Waals surface area (Å²) < 4.78 is 23.6. The Bertz CT molecular complexity index is 777. The molecule has 2 aromatic carbocycles. The van der Waals surface area contributed by atoms with E-state index >= 15 is 0 Å². The molecule has 2 amide bonds. The van der Waals surface area contributed by atoms with Crippen LogP contribution in [0.3, 0.4) is 0 Å². The minimum Gasteiger partial charge on any atom is -0.486 e. The SMILES string of the molecule is O=C(CCc1ccc(F)cc1)NNC(=O)c1ccc2c(c1)OCCO2. The Kier molecular flexibility index (Phi) is 5.13. The van der Waals surface area contributed by atoms with Gasteiger partial charge in [0.1, 0.15) is 19.0 Å². The highest BCUT2D eigenvalue weighted by molar-refractivity contribution is 5.96. The summed E-state index contributed by atoms with van der Waals surface area (Å²) in [7, 11) is 0. The lowest BCUT2D eigenvalue weighted by atomic mass is 10.1. The van der Waals surface area contributed by atoms with Crippen LogP contribution in [-0.2, 0) is 11.2 Å². The zero-order chi connectivity index (χ0) is 17.6. The number of benzene rings is 2. The van der Waals surface area contributed by atoms with Gasteiger partial charge in [-0.3, -0.25) is 20.4 Å². The van der Waals surface area contributed by atoms with E-state index in [1.54, 1.807) is 30.3 Å². The fourth-order valence-corrected chi connectivity index (χ4v) is 2.35. The van der Waals surface area contributed by atoms with Crippen molar-refractivity contribution in [3.63, 3.8) is 0 Å². The molecule has 1 aliphatic heterocycles. The van der Waals surface area contributed by atoms with E-state index in [0.717, 1.165) is 5.56 Å². The van der Waals surface area contributed by atoms with Gasteiger partial charge in [-0.15, -0.1) is 0 Å². The van der Waals surface area contributed by atoms with E-state index in [9.17, 15) is 14.0 Å². The van der Waals surface area contributed by atoms with Crippen molar-refractivity contribution in [2.24, 2.45) is 0 Å². The third-order valence-corrected chi connectivity index (χ3v) is 3.67. The van der Waals surface area contributed by atoms with Gasteiger partial charge >= 0.3 is 0 Å². The summed E-state index contributed by atoms with van der Waals surface area (Å²) in [5.41, 5.74) is 5.91. The van der Waals surface area contributed by atoms with E-state index < -0.39 is 5.91 Å². The molecule has 25 heavy (non-hydrogen) atoms. The summed E-state index contributed by atoms with van der Waals surface area (Å²) in [6.45, 7) is 0.904. The molecular weight excluding hydrogens is 327 g/mol. The maximum Gasteiger partial charge on any atom is 0.269 e. The highest BCUT2D eigenvalue weighted by Crippen LogP contribution is 2.30. The Morgan fingerprint density at radius 2 is 1.68 bits per heavy atom. The predicted octanol–water partition coefficient (Wildman–Crippen LogP) is 1.99. The van der Waals surface area contributed by atoms with Crippen molar-refractivity contribution >= 4 is 11.8 Å². The van der Waals surface area contributed by atoms with E-state index in [0.29, 0.717) is 36.7 Å². The number of nitrogens with one attached hydrogen (secondary N) is 2. The maximum atomic E-state index is 12.8. The van der Waals surface area contributed by atoms with Crippen LogP contribution in [0.25, 0.3) is 0 Å². The molecule has 130 valence electrons. The molecule has 0 aromatic heterocycles. The van der Waals surface area contributed by atoms with Crippen LogP contribution < -0.4 is 20.3 Å². The first-order valence-electron chi connectivity index (χ1n) is 7.85. The molecule has 3 rings (SSSR count). The number of amides is 2. The molecule has 0 unspecified atom stereocenters. The van der Waals surface area contributed by atoms with E-state index in [-0.39, 0.29) is 18.1 Å². The first-order valence-corrected chi connectivity index (χ1v) is 7.85. The number of hydrazine groups is 1. The van der Waals surface area contributed by atoms with Crippen molar-refractivity contribution in [2.45, 2.75) is 12.8 Å². The van der Waals surface area contributed by atoms with Gasteiger partial charge in [0, 0.05) is 12.0 Å². The highest BCUT2D eigenvalue weighted by atomic mass is 19.1. The molecule has 6 nitrogen and oxygen atoms in total. The molecule has 0 saturated heterocycles. The Hall–Kier alpha value is -3.09. The minimum absolute atomic E-state index is 0.174. The van der Waals surface area contributed by atoms with Crippen molar-refractivity contribution in [2.75, 3.05) is 13.2 Å². The molecule has 0 bridgehead atoms. The lowest BCUT2D eigenvalue weighted by molar-refractivity contribution is -0.121. The predicted molar refractivity (Wildman–Crippen MR) is 87.8 cm³/mol. The second-order valence-corrected chi connectivity index (χ2v) is 5.49. The average molecular weight is 344 g/mol. The lowest BCUT2D eigenvalue weighted by Gasteiger charge is -2.18. The number of hydrogen-bond donors (Lipinski definition) is 2. The van der Waals surface area contributed by atoms with Gasteiger partial charge in [0.05, 0.1) is 0 Å². The molecule has 0 radical (unpaired) electrons. The van der Waals surface area contributed by atoms with Crippen molar-refractivity contribution in [3.05, 3.63) is 59.4 Å². The Labute approximate surface area is 143 Å². The Morgan fingerprint density at radius 1 is 0.960 bits per heavy atom. The van der Waals surface area contributed by atoms with Gasteiger partial charge in [-0.2, -0.15) is 0 Å². The first kappa shape index (κ1) is 16.8. The largest absolute Gasteiger partial charge is 0.486 e. The van der Waals surface area contributed by atoms with Crippen molar-refractivity contribution in [3.8, 4) is 11.5 Å². The van der Waals surface area contributed by atoms with E-state index in [1.165, 1.54) is 12.1 Å². The molecule has 1 aliphatic rings. The number of rotatable bonds is 4. The fraction of sp³-hybridized carbons (Fsp3) is 0.222. The summed E-state index contributed by atoms with van der Waals surface area (Å²) >= 11 is 0. The normalized spacial score (nSPS) is 12.4. The van der Waals surface area contributed by atoms with Gasteiger partial charge in [-0.25, -0.2) is 4.39 Å². The van der Waals surface area contributed by atoms with Crippen LogP contribution in [0.2, 0.25) is 0 Å². The lowest BCUT2D eigenvalue weighted by Crippen LogP contribution is -2.41. The molecule has 7 heteroatoms. The molecule has 0 atom stereocenters. The van der Waals surface area contributed by atoms with Crippen molar-refractivity contribution in [1.82, 2.24) is 10.9 Å². The summed E-state index contributed by atoms with van der Waals surface area (Å²) in [5.74, 6) is -0.0186. The Balaban J connectivity index is 1.48. The zero-order valence-electron chi connectivity index (χ0n) is 13.4. The van der Waals surface area contributed by atoms with Crippen LogP contribution in [0.4, 0.5) is 4.39 Å². The fourth-order valence-electron chi connectivity index (χ4n) is 2.35. The summed E-state index contributed by atoms with van der Waals surface area (Å²) in [4.78, 5) is 23.9. The molecule has 0 spiro atoms. The number of halogens is 1. The summed E-state index contributed by atoms with van der Waals surface area (Å²) in [6, 6.07) is 10.7. The standard InChI is InChI=1S/C18H17FN2O4/c19-14-5-1-12(2-6-14)3-8-17(22)20-21-18(23)13-4-7-15-16(11-13)25-10-9-24-15/h1-2,4-7,11H,3,8-10H2,(H,20,22)(H,21,23). The monoisotopic (exact) mass is 344 g/mol. The molecule has 2 aromatic rings. The number of ether oxygens (including phenoxy) is 2. The zero-order valence-corrected chi connectivity index (χ0v) is 13.4. The van der Waals surface area contributed by atoms with Gasteiger partial charge in [0.2, 0.25) is 5.91 Å². The second kappa shape index (κ2) is 7.65. The molecule has 1 heterocycles. The first-order chi connectivity index (χ1) is 12.1. The van der Waals surface area contributed by atoms with Gasteiger partial charge < -0.3 is 9.47 Å². The minimum atomic E-state index is -0.452. The summed E-state index contributed by atoms with van der Waals surface area (Å²) in [6.07, 6.45) is 0.624. The van der Waals surface area contributed by atoms with Crippen LogP contribution in [-0.4, -0.2) is 25.0 Å². The number of fused-ring (bicyclic) bond motifs is 1. The van der Waals surface area contributed by atoms with Gasteiger partial charge in [0.25, 0.3) is 5.91 Å². The number of carbonyl (C=O) groups excluding carboxylic acids is 2. The van der Waals surface area contributed by atoms with E-state index in [1.807, 2.05) is 0 Å². The number of carbonyl (C=O) groups is 2. The highest BCUT2D eigenvalue weighted by Gasteiger charge is 2.15. The van der Waals surface area contributed by atoms with Gasteiger partial charge in [-0.05, 0) is 42.3 Å². The number of hydrogen-bond acceptors (Lipinski definition) is 4. The van der Waals surface area contributed by atoms with E-state index in [4.69, 9.17) is 9.47 Å². The quantitative estimate of drug-likeness (QED) is 0.832. The van der Waals surface area contributed by atoms with Gasteiger partial charge in [0.15, 0.2) is 11.5 Å². The molecule has 0 saturated carbocycles. The smallest absolute Gasteiger partial charge is 0.269 e. The third kappa shape index (κ3) is 4.47. The number of aryl methyl sites for hydroxylation is 1. The van der Waals surface area contributed by atoms with Crippen molar-refractivity contribution in [1.29, 1.82) is 0 Å². The second-order valence-electron chi connectivity index (χ2n) is 5.49. The van der Waals surface area contributed by atoms with Crippen molar-refractivity contribution < 1.29 is 23.5 Å². The molecule has 0 aliphatic carbocycles. The Morgan fingerprint density at radius 3 is 2.44 bits per heavy atom. The maximum absolute atomic E-state index is 12.8. The molecular formula is C18H17FN2O4. The van der Waals surface area contributed by atoms with Crippen LogP contribution >= 0.6 is 0 Å². The molecule has 2 N–H and O–H groups in total. The topological polar surface area (TPSA) is 76.7 Å². The van der Waals surface area contributed by atoms with Gasteiger partial charge in [-0.1, -0.05) is 12.1 Å². The van der Waals surface area contributed by atoms with E-state index in [2.05, 4.69) is 10.9 Å². The van der Waals surface area contributed by atoms with Crippen LogP contribution in [0.5, 0.6) is 11.5 Å². The average Bonchev–Trinajstić information content (AvgIpc) is 2.65. The third-order valence-electron chi connectivity index (χ3n) is 3.67.